The molecule has 65 heavy (non-hydrogen) atoms. The Kier molecular flexibility index (Phi) is 8.75. The topological polar surface area (TPSA) is 8.17 Å². The molecule has 13 aromatic rings. The second-order valence-corrected chi connectivity index (χ2v) is 18.0. The third-order valence-corrected chi connectivity index (χ3v) is 14.4. The van der Waals surface area contributed by atoms with E-state index in [1.54, 1.807) is 0 Å². The van der Waals surface area contributed by atoms with Crippen LogP contribution in [0.4, 0.5) is 17.1 Å². The molecule has 0 amide bonds. The molecule has 0 aliphatic rings. The van der Waals surface area contributed by atoms with E-state index in [0.717, 1.165) is 22.7 Å². The summed E-state index contributed by atoms with van der Waals surface area (Å²) in [6, 6.07) is 88.9. The Hall–Kier alpha value is -8.24. The number of fused-ring (bicyclic) bond motifs is 9. The summed E-state index contributed by atoms with van der Waals surface area (Å²) in [7, 11) is 0. The van der Waals surface area contributed by atoms with Gasteiger partial charge in [-0.15, -0.1) is 11.3 Å². The molecule has 2 nitrogen and oxygen atoms in total. The van der Waals surface area contributed by atoms with Crippen molar-refractivity contribution in [1.29, 1.82) is 0 Å². The van der Waals surface area contributed by atoms with Gasteiger partial charge in [0.25, 0.3) is 0 Å². The Morgan fingerprint density at radius 1 is 0.292 bits per heavy atom. The molecule has 11 aromatic carbocycles. The number of nitrogens with zero attached hydrogens (tertiary/aromatic N) is 2. The summed E-state index contributed by atoms with van der Waals surface area (Å²) in [4.78, 5) is 2.40. The number of para-hydroxylation sites is 2. The summed E-state index contributed by atoms with van der Waals surface area (Å²) in [5, 5.41) is 10.2. The summed E-state index contributed by atoms with van der Waals surface area (Å²) < 4.78 is 5.01. The molecule has 0 aliphatic heterocycles. The van der Waals surface area contributed by atoms with E-state index in [4.69, 9.17) is 0 Å². The number of hydrogen-bond acceptors (Lipinski definition) is 2. The first kappa shape index (κ1) is 37.3. The number of thiophene rings is 1. The van der Waals surface area contributed by atoms with Crippen LogP contribution in [-0.2, 0) is 0 Å². The Labute approximate surface area is 381 Å². The van der Waals surface area contributed by atoms with E-state index in [1.165, 1.54) is 96.9 Å². The number of benzene rings is 11. The molecular weight excluding hydrogens is 805 g/mol. The first-order valence-electron chi connectivity index (χ1n) is 22.2. The monoisotopic (exact) mass is 844 g/mol. The average molecular weight is 845 g/mol. The molecule has 2 heterocycles. The highest BCUT2D eigenvalue weighted by molar-refractivity contribution is 7.26. The second-order valence-electron chi connectivity index (χ2n) is 16.9. The molecule has 0 spiro atoms. The molecule has 0 unspecified atom stereocenters. The Bertz CT molecular complexity index is 3880. The number of rotatable bonds is 7. The minimum Gasteiger partial charge on any atom is -0.310 e. The van der Waals surface area contributed by atoms with Crippen LogP contribution >= 0.6 is 11.3 Å². The Morgan fingerprint density at radius 2 is 0.785 bits per heavy atom. The van der Waals surface area contributed by atoms with Gasteiger partial charge in [0, 0.05) is 53.7 Å². The van der Waals surface area contributed by atoms with Crippen molar-refractivity contribution < 1.29 is 0 Å². The summed E-state index contributed by atoms with van der Waals surface area (Å²) in [6.07, 6.45) is 0. The maximum absolute atomic E-state index is 2.40. The van der Waals surface area contributed by atoms with E-state index in [-0.39, 0.29) is 0 Å². The van der Waals surface area contributed by atoms with Gasteiger partial charge in [-0.1, -0.05) is 176 Å². The van der Waals surface area contributed by atoms with Gasteiger partial charge < -0.3 is 9.47 Å². The molecular formula is C62H40N2S. The molecule has 3 heteroatoms. The van der Waals surface area contributed by atoms with Crippen LogP contribution in [0.2, 0.25) is 0 Å². The average Bonchev–Trinajstić information content (AvgIpc) is 3.93. The van der Waals surface area contributed by atoms with Crippen LogP contribution in [0.25, 0.3) is 103 Å². The largest absolute Gasteiger partial charge is 0.310 e. The van der Waals surface area contributed by atoms with Crippen molar-refractivity contribution in [3.63, 3.8) is 0 Å². The highest BCUT2D eigenvalue weighted by atomic mass is 32.1. The Morgan fingerprint density at radius 3 is 1.46 bits per heavy atom. The van der Waals surface area contributed by atoms with Crippen LogP contribution < -0.4 is 4.90 Å². The van der Waals surface area contributed by atoms with E-state index in [2.05, 4.69) is 252 Å². The van der Waals surface area contributed by atoms with E-state index in [9.17, 15) is 0 Å². The van der Waals surface area contributed by atoms with Gasteiger partial charge in [-0.2, -0.15) is 0 Å². The van der Waals surface area contributed by atoms with E-state index in [1.807, 2.05) is 11.3 Å². The lowest BCUT2D eigenvalue weighted by Gasteiger charge is -2.26. The van der Waals surface area contributed by atoms with Crippen molar-refractivity contribution in [3.05, 3.63) is 243 Å². The lowest BCUT2D eigenvalue weighted by molar-refractivity contribution is 1.18. The van der Waals surface area contributed by atoms with Gasteiger partial charge in [0.15, 0.2) is 0 Å². The van der Waals surface area contributed by atoms with Crippen molar-refractivity contribution in [2.24, 2.45) is 0 Å². The molecule has 0 fully saturated rings. The molecule has 0 aliphatic carbocycles. The summed E-state index contributed by atoms with van der Waals surface area (Å²) in [5.41, 5.74) is 14.1. The summed E-state index contributed by atoms with van der Waals surface area (Å²) in [5.74, 6) is 0. The number of anilines is 3. The molecule has 0 radical (unpaired) electrons. The first-order chi connectivity index (χ1) is 32.2. The van der Waals surface area contributed by atoms with Crippen molar-refractivity contribution in [3.8, 4) is 39.1 Å². The summed E-state index contributed by atoms with van der Waals surface area (Å²) in [6.45, 7) is 0. The van der Waals surface area contributed by atoms with Crippen LogP contribution in [0.1, 0.15) is 0 Å². The Balaban J connectivity index is 0.875. The fraction of sp³-hybridized carbons (Fsp3) is 0. The quantitative estimate of drug-likeness (QED) is 0.155. The summed E-state index contributed by atoms with van der Waals surface area (Å²) >= 11 is 1.89. The molecule has 0 saturated heterocycles. The number of aromatic nitrogens is 1. The highest BCUT2D eigenvalue weighted by Gasteiger charge is 2.17. The third-order valence-electron chi connectivity index (χ3n) is 13.2. The van der Waals surface area contributed by atoms with Crippen molar-refractivity contribution >= 4 is 91.9 Å². The van der Waals surface area contributed by atoms with Gasteiger partial charge >= 0.3 is 0 Å². The minimum absolute atomic E-state index is 1.10. The zero-order valence-corrected chi connectivity index (χ0v) is 36.2. The van der Waals surface area contributed by atoms with Crippen LogP contribution in [0.15, 0.2) is 243 Å². The zero-order chi connectivity index (χ0) is 42.8. The van der Waals surface area contributed by atoms with Gasteiger partial charge in [-0.05, 0) is 122 Å². The normalized spacial score (nSPS) is 11.7. The van der Waals surface area contributed by atoms with Crippen LogP contribution in [0, 0.1) is 0 Å². The molecule has 13 rings (SSSR count). The molecule has 0 N–H and O–H groups in total. The fourth-order valence-corrected chi connectivity index (χ4v) is 11.2. The molecule has 0 bridgehead atoms. The maximum atomic E-state index is 2.40. The fourth-order valence-electron chi connectivity index (χ4n) is 9.93. The van der Waals surface area contributed by atoms with Gasteiger partial charge in [0.2, 0.25) is 0 Å². The van der Waals surface area contributed by atoms with Crippen molar-refractivity contribution in [2.45, 2.75) is 0 Å². The van der Waals surface area contributed by atoms with Crippen molar-refractivity contribution in [2.75, 3.05) is 4.90 Å². The lowest BCUT2D eigenvalue weighted by atomic mass is 9.98. The lowest BCUT2D eigenvalue weighted by Crippen LogP contribution is -2.09. The van der Waals surface area contributed by atoms with Gasteiger partial charge in [-0.3, -0.25) is 0 Å². The SMILES string of the molecule is c1cc(-c2ccc(N(c3ccc(-c4ccc(-c5ccc6ccccc6c5)cc4)cc3)c3ccc4c(c3)sc3c5ccccc5ccc43)cc2)cc(-n2c3ccccc3c3ccccc32)c1. The standard InChI is InChI=1S/C62H40N2S/c1-2-12-47-38-49(25-24-41(47)10-1)44-22-20-42(21-23-44)43-26-31-50(32-27-43)63(53-35-37-57-58-36-30-46-11-3-4-15-54(46)62(58)65-61(57)40-53)51-33-28-45(29-34-51)48-13-9-14-52(39-48)64-59-18-7-5-16-55(59)56-17-6-8-19-60(56)64/h1-40H. The number of hydrogen-bond donors (Lipinski definition) is 0. The van der Waals surface area contributed by atoms with Crippen LogP contribution in [0.3, 0.4) is 0 Å². The smallest absolute Gasteiger partial charge is 0.0541 e. The maximum Gasteiger partial charge on any atom is 0.0541 e. The first-order valence-corrected chi connectivity index (χ1v) is 23.0. The highest BCUT2D eigenvalue weighted by Crippen LogP contribution is 2.44. The third kappa shape index (κ3) is 6.39. The van der Waals surface area contributed by atoms with Crippen molar-refractivity contribution in [1.82, 2.24) is 4.57 Å². The van der Waals surface area contributed by atoms with E-state index >= 15 is 0 Å². The van der Waals surface area contributed by atoms with Gasteiger partial charge in [-0.25, -0.2) is 0 Å². The van der Waals surface area contributed by atoms with Gasteiger partial charge in [0.1, 0.15) is 0 Å². The minimum atomic E-state index is 1.10. The molecule has 0 atom stereocenters. The van der Waals surface area contributed by atoms with Crippen LogP contribution in [0.5, 0.6) is 0 Å². The molecule has 0 saturated carbocycles. The van der Waals surface area contributed by atoms with E-state index < -0.39 is 0 Å². The molecule has 2 aromatic heterocycles. The zero-order valence-electron chi connectivity index (χ0n) is 35.4. The van der Waals surface area contributed by atoms with E-state index in [0.29, 0.717) is 0 Å². The molecule has 304 valence electrons. The predicted octanol–water partition coefficient (Wildman–Crippen LogP) is 17.9. The van der Waals surface area contributed by atoms with Crippen LogP contribution in [-0.4, -0.2) is 4.57 Å². The second kappa shape index (κ2) is 15.2. The predicted molar refractivity (Wildman–Crippen MR) is 280 cm³/mol. The van der Waals surface area contributed by atoms with Gasteiger partial charge in [0.05, 0.1) is 11.0 Å².